The summed E-state index contributed by atoms with van der Waals surface area (Å²) in [6.45, 7) is 1.69. The van der Waals surface area contributed by atoms with Crippen LogP contribution in [-0.2, 0) is 0 Å². The minimum absolute atomic E-state index is 0.00905. The Labute approximate surface area is 114 Å². The topological polar surface area (TPSA) is 99.5 Å². The van der Waals surface area contributed by atoms with Gasteiger partial charge >= 0.3 is 5.97 Å². The molecule has 0 saturated carbocycles. The number of phenolic OH excluding ortho intramolecular Hbond substituents is 1. The largest absolute Gasteiger partial charge is 0.508 e. The highest BCUT2D eigenvalue weighted by molar-refractivity contribution is 6.05. The van der Waals surface area contributed by atoms with Crippen LogP contribution in [0.15, 0.2) is 36.7 Å². The number of aryl methyl sites for hydroxylation is 1. The number of hydrogen-bond donors (Lipinski definition) is 3. The molecule has 0 aliphatic rings. The van der Waals surface area contributed by atoms with Gasteiger partial charge in [0.1, 0.15) is 5.75 Å². The summed E-state index contributed by atoms with van der Waals surface area (Å²) in [5.41, 5.74) is 1.29. The molecule has 2 rings (SSSR count). The van der Waals surface area contributed by atoms with Crippen molar-refractivity contribution in [2.24, 2.45) is 0 Å². The highest BCUT2D eigenvalue weighted by Crippen LogP contribution is 2.17. The van der Waals surface area contributed by atoms with E-state index in [1.165, 1.54) is 36.7 Å². The van der Waals surface area contributed by atoms with E-state index in [0.29, 0.717) is 16.8 Å². The Morgan fingerprint density at radius 3 is 2.60 bits per heavy atom. The Bertz CT molecular complexity index is 683. The van der Waals surface area contributed by atoms with E-state index in [-0.39, 0.29) is 11.3 Å². The van der Waals surface area contributed by atoms with Crippen molar-refractivity contribution in [3.8, 4) is 5.75 Å². The highest BCUT2D eigenvalue weighted by atomic mass is 16.4. The second kappa shape index (κ2) is 5.40. The van der Waals surface area contributed by atoms with Crippen LogP contribution < -0.4 is 5.32 Å². The monoisotopic (exact) mass is 272 g/mol. The van der Waals surface area contributed by atoms with Crippen molar-refractivity contribution in [2.45, 2.75) is 6.92 Å². The summed E-state index contributed by atoms with van der Waals surface area (Å²) in [5, 5.41) is 20.7. The molecule has 0 atom stereocenters. The van der Waals surface area contributed by atoms with Crippen LogP contribution in [0.4, 0.5) is 5.69 Å². The number of aromatic hydroxyl groups is 1. The number of aromatic nitrogens is 1. The van der Waals surface area contributed by atoms with Gasteiger partial charge in [-0.3, -0.25) is 9.78 Å². The maximum Gasteiger partial charge on any atom is 0.337 e. The van der Waals surface area contributed by atoms with Crippen LogP contribution in [0.1, 0.15) is 26.3 Å². The Morgan fingerprint density at radius 1 is 1.20 bits per heavy atom. The molecule has 0 unspecified atom stereocenters. The van der Waals surface area contributed by atoms with Crippen molar-refractivity contribution < 1.29 is 19.8 Å². The molecule has 6 heteroatoms. The summed E-state index contributed by atoms with van der Waals surface area (Å²) >= 11 is 0. The molecule has 0 aliphatic carbocycles. The fourth-order valence-electron chi connectivity index (χ4n) is 1.73. The number of carboxylic acid groups (broad SMARTS) is 1. The number of rotatable bonds is 3. The van der Waals surface area contributed by atoms with Crippen LogP contribution >= 0.6 is 0 Å². The number of nitrogens with one attached hydrogen (secondary N) is 1. The van der Waals surface area contributed by atoms with Crippen molar-refractivity contribution >= 4 is 17.6 Å². The molecule has 0 saturated heterocycles. The highest BCUT2D eigenvalue weighted by Gasteiger charge is 2.11. The van der Waals surface area contributed by atoms with Gasteiger partial charge in [0.05, 0.1) is 17.4 Å². The SMILES string of the molecule is Cc1cc(O)ccc1C(=O)Nc1cncc(C(=O)O)c1. The average Bonchev–Trinajstić information content (AvgIpc) is 2.38. The van der Waals surface area contributed by atoms with Gasteiger partial charge in [-0.05, 0) is 36.8 Å². The van der Waals surface area contributed by atoms with Crippen molar-refractivity contribution in [2.75, 3.05) is 5.32 Å². The molecule has 0 radical (unpaired) electrons. The molecule has 1 heterocycles. The molecular weight excluding hydrogens is 260 g/mol. The van der Waals surface area contributed by atoms with Crippen molar-refractivity contribution in [3.05, 3.63) is 53.3 Å². The zero-order valence-corrected chi connectivity index (χ0v) is 10.6. The second-order valence-electron chi connectivity index (χ2n) is 4.22. The number of carbonyl (C=O) groups is 2. The molecular formula is C14H12N2O4. The van der Waals surface area contributed by atoms with E-state index in [1.54, 1.807) is 6.92 Å². The number of amides is 1. The quantitative estimate of drug-likeness (QED) is 0.794. The maximum absolute atomic E-state index is 12.1. The van der Waals surface area contributed by atoms with Gasteiger partial charge in [0, 0.05) is 11.8 Å². The fraction of sp³-hybridized carbons (Fsp3) is 0.0714. The number of aromatic carboxylic acids is 1. The van der Waals surface area contributed by atoms with Crippen LogP contribution in [0, 0.1) is 6.92 Å². The summed E-state index contributed by atoms with van der Waals surface area (Å²) in [7, 11) is 0. The number of phenols is 1. The summed E-state index contributed by atoms with van der Waals surface area (Å²) in [5.74, 6) is -1.44. The molecule has 3 N–H and O–H groups in total. The molecule has 1 aromatic heterocycles. The van der Waals surface area contributed by atoms with Crippen LogP contribution in [0.3, 0.4) is 0 Å². The molecule has 2 aromatic rings. The van der Waals surface area contributed by atoms with Gasteiger partial charge in [-0.1, -0.05) is 0 Å². The minimum Gasteiger partial charge on any atom is -0.508 e. The number of carbonyl (C=O) groups excluding carboxylic acids is 1. The van der Waals surface area contributed by atoms with Gasteiger partial charge in [0.25, 0.3) is 5.91 Å². The molecule has 0 bridgehead atoms. The van der Waals surface area contributed by atoms with Crippen LogP contribution in [0.2, 0.25) is 0 Å². The van der Waals surface area contributed by atoms with Crippen molar-refractivity contribution in [1.29, 1.82) is 0 Å². The van der Waals surface area contributed by atoms with Crippen LogP contribution in [0.25, 0.3) is 0 Å². The van der Waals surface area contributed by atoms with Gasteiger partial charge in [0.15, 0.2) is 0 Å². The number of carboxylic acids is 1. The normalized spacial score (nSPS) is 10.1. The molecule has 6 nitrogen and oxygen atoms in total. The minimum atomic E-state index is -1.12. The average molecular weight is 272 g/mol. The standard InChI is InChI=1S/C14H12N2O4/c1-8-4-11(17)2-3-12(8)13(18)16-10-5-9(14(19)20)6-15-7-10/h2-7,17H,1H3,(H,16,18)(H,19,20). The van der Waals surface area contributed by atoms with E-state index < -0.39 is 11.9 Å². The number of benzene rings is 1. The maximum atomic E-state index is 12.1. The lowest BCUT2D eigenvalue weighted by Gasteiger charge is -2.08. The van der Waals surface area contributed by atoms with E-state index in [9.17, 15) is 14.7 Å². The zero-order chi connectivity index (χ0) is 14.7. The lowest BCUT2D eigenvalue weighted by molar-refractivity contribution is 0.0696. The summed E-state index contributed by atoms with van der Waals surface area (Å²) in [6.07, 6.45) is 2.56. The van der Waals surface area contributed by atoms with Crippen LogP contribution in [0.5, 0.6) is 5.75 Å². The fourth-order valence-corrected chi connectivity index (χ4v) is 1.73. The van der Waals surface area contributed by atoms with E-state index >= 15 is 0 Å². The van der Waals surface area contributed by atoms with E-state index in [0.717, 1.165) is 0 Å². The molecule has 0 fully saturated rings. The van der Waals surface area contributed by atoms with Gasteiger partial charge in [-0.2, -0.15) is 0 Å². The van der Waals surface area contributed by atoms with E-state index in [1.807, 2.05) is 0 Å². The Morgan fingerprint density at radius 2 is 1.95 bits per heavy atom. The molecule has 1 amide bonds. The first-order chi connectivity index (χ1) is 9.47. The predicted molar refractivity (Wildman–Crippen MR) is 72.0 cm³/mol. The number of pyridine rings is 1. The first-order valence-corrected chi connectivity index (χ1v) is 5.76. The summed E-state index contributed by atoms with van der Waals surface area (Å²) < 4.78 is 0. The molecule has 1 aromatic carbocycles. The molecule has 0 spiro atoms. The van der Waals surface area contributed by atoms with E-state index in [4.69, 9.17) is 5.11 Å². The summed E-state index contributed by atoms with van der Waals surface area (Å²) in [6, 6.07) is 5.70. The lowest BCUT2D eigenvalue weighted by atomic mass is 10.1. The van der Waals surface area contributed by atoms with Crippen molar-refractivity contribution in [3.63, 3.8) is 0 Å². The Hall–Kier alpha value is -2.89. The van der Waals surface area contributed by atoms with Gasteiger partial charge in [-0.15, -0.1) is 0 Å². The number of anilines is 1. The van der Waals surface area contributed by atoms with Gasteiger partial charge in [0.2, 0.25) is 0 Å². The van der Waals surface area contributed by atoms with E-state index in [2.05, 4.69) is 10.3 Å². The molecule has 20 heavy (non-hydrogen) atoms. The van der Waals surface area contributed by atoms with Crippen molar-refractivity contribution in [1.82, 2.24) is 4.98 Å². The van der Waals surface area contributed by atoms with Crippen LogP contribution in [-0.4, -0.2) is 27.1 Å². The Balaban J connectivity index is 2.23. The Kier molecular flexibility index (Phi) is 3.65. The van der Waals surface area contributed by atoms with Gasteiger partial charge in [-0.25, -0.2) is 4.79 Å². The third-order valence-electron chi connectivity index (χ3n) is 2.70. The van der Waals surface area contributed by atoms with Gasteiger partial charge < -0.3 is 15.5 Å². The number of hydrogen-bond acceptors (Lipinski definition) is 4. The summed E-state index contributed by atoms with van der Waals surface area (Å²) in [4.78, 5) is 26.6. The molecule has 102 valence electrons. The first-order valence-electron chi connectivity index (χ1n) is 5.76. The first kappa shape index (κ1) is 13.5. The number of nitrogens with zero attached hydrogens (tertiary/aromatic N) is 1. The predicted octanol–water partition coefficient (Wildman–Crippen LogP) is 2.05. The third-order valence-corrected chi connectivity index (χ3v) is 2.70. The smallest absolute Gasteiger partial charge is 0.337 e. The molecule has 0 aliphatic heterocycles. The lowest BCUT2D eigenvalue weighted by Crippen LogP contribution is -2.14. The third kappa shape index (κ3) is 2.92. The zero-order valence-electron chi connectivity index (χ0n) is 10.6. The second-order valence-corrected chi connectivity index (χ2v) is 4.22.